The van der Waals surface area contributed by atoms with E-state index in [2.05, 4.69) is 54.7 Å². The third kappa shape index (κ3) is 6.18. The number of rotatable bonds is 11. The molecule has 156 valence electrons. The molecule has 0 radical (unpaired) electrons. The summed E-state index contributed by atoms with van der Waals surface area (Å²) in [6.45, 7) is 11.8. The van der Waals surface area contributed by atoms with Crippen LogP contribution in [0.15, 0.2) is 22.7 Å². The van der Waals surface area contributed by atoms with E-state index in [0.717, 1.165) is 36.8 Å². The van der Waals surface area contributed by atoms with Crippen molar-refractivity contribution in [2.24, 2.45) is 0 Å². The van der Waals surface area contributed by atoms with Crippen LogP contribution in [0.25, 0.3) is 0 Å². The minimum atomic E-state index is 0.423. The monoisotopic (exact) mass is 400 g/mol. The summed E-state index contributed by atoms with van der Waals surface area (Å²) in [5, 5.41) is 17.3. The van der Waals surface area contributed by atoms with E-state index in [1.165, 1.54) is 0 Å². The van der Waals surface area contributed by atoms with Gasteiger partial charge in [0, 0.05) is 24.7 Å². The number of ether oxygens (including phenoxy) is 1. The third-order valence-electron chi connectivity index (χ3n) is 4.32. The van der Waals surface area contributed by atoms with Crippen LogP contribution in [0, 0.1) is 13.8 Å². The normalized spacial score (nSPS) is 11.1. The zero-order valence-corrected chi connectivity index (χ0v) is 17.3. The van der Waals surface area contributed by atoms with Crippen molar-refractivity contribution >= 4 is 17.6 Å². The van der Waals surface area contributed by atoms with Gasteiger partial charge in [-0.2, -0.15) is 15.1 Å². The Balaban J connectivity index is 1.71. The van der Waals surface area contributed by atoms with E-state index in [1.54, 1.807) is 6.07 Å². The second-order valence-electron chi connectivity index (χ2n) is 6.63. The molecule has 3 aromatic heterocycles. The number of H-pyrrole nitrogens is 1. The molecule has 3 rings (SSSR count). The van der Waals surface area contributed by atoms with E-state index in [0.29, 0.717) is 36.6 Å². The Bertz CT molecular complexity index is 903. The Morgan fingerprint density at radius 1 is 1.10 bits per heavy atom. The summed E-state index contributed by atoms with van der Waals surface area (Å²) in [5.41, 5.74) is 1.71. The van der Waals surface area contributed by atoms with Gasteiger partial charge in [0.25, 0.3) is 0 Å². The maximum Gasteiger partial charge on any atom is 0.228 e. The summed E-state index contributed by atoms with van der Waals surface area (Å²) in [7, 11) is 0. The zero-order chi connectivity index (χ0) is 20.6. The number of anilines is 3. The summed E-state index contributed by atoms with van der Waals surface area (Å²) in [5.74, 6) is 2.96. The highest BCUT2D eigenvalue weighted by Crippen LogP contribution is 2.20. The molecule has 3 N–H and O–H groups in total. The van der Waals surface area contributed by atoms with Crippen LogP contribution in [-0.2, 0) is 6.54 Å². The van der Waals surface area contributed by atoms with Gasteiger partial charge in [-0.15, -0.1) is 0 Å². The zero-order valence-electron chi connectivity index (χ0n) is 17.3. The average molecular weight is 400 g/mol. The summed E-state index contributed by atoms with van der Waals surface area (Å²) >= 11 is 0. The number of likely N-dealkylation sites (N-methyl/N-ethyl adjacent to an activating group) is 1. The number of aromatic nitrogens is 5. The van der Waals surface area contributed by atoms with Crippen molar-refractivity contribution < 1.29 is 9.26 Å². The molecule has 0 saturated heterocycles. The van der Waals surface area contributed by atoms with E-state index in [9.17, 15) is 0 Å². The Labute approximate surface area is 170 Å². The number of nitrogens with zero attached hydrogens (tertiary/aromatic N) is 5. The van der Waals surface area contributed by atoms with E-state index in [4.69, 9.17) is 9.26 Å². The minimum Gasteiger partial charge on any atom is -0.476 e. The molecule has 0 amide bonds. The van der Waals surface area contributed by atoms with Crippen LogP contribution in [0.4, 0.5) is 17.6 Å². The first-order valence-corrected chi connectivity index (χ1v) is 9.75. The fourth-order valence-electron chi connectivity index (χ4n) is 2.75. The lowest BCUT2D eigenvalue weighted by Crippen LogP contribution is -2.28. The second kappa shape index (κ2) is 9.87. The standard InChI is InChI=1S/C19H28N8O2/c1-5-27(6-2)7-8-28-18-11-16(21-17-10-13(3)24-25-17)22-19(23-18)20-12-15-9-14(4)26-29-15/h9-11H,5-8,12H2,1-4H3,(H3,20,21,22,23,24,25). The minimum absolute atomic E-state index is 0.423. The summed E-state index contributed by atoms with van der Waals surface area (Å²) in [4.78, 5) is 11.3. The van der Waals surface area contributed by atoms with Gasteiger partial charge in [-0.1, -0.05) is 19.0 Å². The van der Waals surface area contributed by atoms with Crippen LogP contribution in [0.3, 0.4) is 0 Å². The van der Waals surface area contributed by atoms with Gasteiger partial charge >= 0.3 is 0 Å². The van der Waals surface area contributed by atoms with Gasteiger partial charge in [0.05, 0.1) is 17.9 Å². The van der Waals surface area contributed by atoms with Gasteiger partial charge in [0.1, 0.15) is 18.2 Å². The molecule has 0 atom stereocenters. The molecule has 3 aromatic rings. The van der Waals surface area contributed by atoms with Crippen molar-refractivity contribution in [2.45, 2.75) is 34.2 Å². The SMILES string of the molecule is CCN(CC)CCOc1cc(Nc2cc(C)n[nH]2)nc(NCc2cc(C)no2)n1. The van der Waals surface area contributed by atoms with Crippen LogP contribution in [0.2, 0.25) is 0 Å². The number of hydrogen-bond donors (Lipinski definition) is 3. The smallest absolute Gasteiger partial charge is 0.228 e. The number of aryl methyl sites for hydroxylation is 2. The van der Waals surface area contributed by atoms with Crippen molar-refractivity contribution in [2.75, 3.05) is 36.9 Å². The maximum atomic E-state index is 5.89. The van der Waals surface area contributed by atoms with Crippen LogP contribution in [0.5, 0.6) is 5.88 Å². The molecule has 3 heterocycles. The molecule has 0 spiro atoms. The molecule has 0 fully saturated rings. The molecule has 0 aliphatic rings. The van der Waals surface area contributed by atoms with E-state index < -0.39 is 0 Å². The molecule has 10 nitrogen and oxygen atoms in total. The average Bonchev–Trinajstić information content (AvgIpc) is 3.31. The van der Waals surface area contributed by atoms with Crippen molar-refractivity contribution in [3.8, 4) is 5.88 Å². The number of aromatic amines is 1. The maximum absolute atomic E-state index is 5.89. The Morgan fingerprint density at radius 3 is 2.59 bits per heavy atom. The first-order chi connectivity index (χ1) is 14.1. The summed E-state index contributed by atoms with van der Waals surface area (Å²) in [6.07, 6.45) is 0. The van der Waals surface area contributed by atoms with Crippen molar-refractivity contribution in [3.63, 3.8) is 0 Å². The van der Waals surface area contributed by atoms with Crippen molar-refractivity contribution in [1.82, 2.24) is 30.2 Å². The van der Waals surface area contributed by atoms with Gasteiger partial charge in [-0.3, -0.25) is 5.10 Å². The largest absolute Gasteiger partial charge is 0.476 e. The highest BCUT2D eigenvalue weighted by atomic mass is 16.5. The van der Waals surface area contributed by atoms with Gasteiger partial charge < -0.3 is 24.8 Å². The van der Waals surface area contributed by atoms with Crippen molar-refractivity contribution in [1.29, 1.82) is 0 Å². The van der Waals surface area contributed by atoms with Gasteiger partial charge in [0.2, 0.25) is 11.8 Å². The Kier molecular flexibility index (Phi) is 7.01. The second-order valence-corrected chi connectivity index (χ2v) is 6.63. The first kappa shape index (κ1) is 20.6. The van der Waals surface area contributed by atoms with Crippen LogP contribution in [-0.4, -0.2) is 56.5 Å². The fourth-order valence-corrected chi connectivity index (χ4v) is 2.75. The Hall–Kier alpha value is -3.14. The van der Waals surface area contributed by atoms with Crippen molar-refractivity contribution in [3.05, 3.63) is 35.3 Å². The van der Waals surface area contributed by atoms with E-state index >= 15 is 0 Å². The lowest BCUT2D eigenvalue weighted by Gasteiger charge is -2.18. The third-order valence-corrected chi connectivity index (χ3v) is 4.32. The van der Waals surface area contributed by atoms with Crippen LogP contribution >= 0.6 is 0 Å². The lowest BCUT2D eigenvalue weighted by atomic mass is 10.4. The van der Waals surface area contributed by atoms with Crippen LogP contribution in [0.1, 0.15) is 31.0 Å². The molecule has 0 aliphatic heterocycles. The quantitative estimate of drug-likeness (QED) is 0.446. The first-order valence-electron chi connectivity index (χ1n) is 9.75. The molecule has 0 aliphatic carbocycles. The molecule has 29 heavy (non-hydrogen) atoms. The summed E-state index contributed by atoms with van der Waals surface area (Å²) in [6, 6.07) is 5.53. The molecule has 0 bridgehead atoms. The Morgan fingerprint density at radius 2 is 1.93 bits per heavy atom. The van der Waals surface area contributed by atoms with Gasteiger partial charge in [-0.05, 0) is 26.9 Å². The highest BCUT2D eigenvalue weighted by Gasteiger charge is 2.09. The van der Waals surface area contributed by atoms with Crippen LogP contribution < -0.4 is 15.4 Å². The molecule has 0 unspecified atom stereocenters. The molecule has 10 heteroatoms. The molecular formula is C19H28N8O2. The molecule has 0 saturated carbocycles. The van der Waals surface area contributed by atoms with E-state index in [-0.39, 0.29) is 0 Å². The number of nitrogens with one attached hydrogen (secondary N) is 3. The lowest BCUT2D eigenvalue weighted by molar-refractivity contribution is 0.218. The topological polar surface area (TPSA) is 117 Å². The van der Waals surface area contributed by atoms with Gasteiger partial charge in [-0.25, -0.2) is 0 Å². The van der Waals surface area contributed by atoms with E-state index in [1.807, 2.05) is 26.0 Å². The highest BCUT2D eigenvalue weighted by molar-refractivity contribution is 5.55. The molecular weight excluding hydrogens is 372 g/mol. The summed E-state index contributed by atoms with van der Waals surface area (Å²) < 4.78 is 11.1. The van der Waals surface area contributed by atoms with Gasteiger partial charge in [0.15, 0.2) is 5.76 Å². The fraction of sp³-hybridized carbons (Fsp3) is 0.474. The predicted octanol–water partition coefficient (Wildman–Crippen LogP) is 2.88. The molecule has 0 aromatic carbocycles. The predicted molar refractivity (Wildman–Crippen MR) is 110 cm³/mol. The number of hydrogen-bond acceptors (Lipinski definition) is 9.